The predicted octanol–water partition coefficient (Wildman–Crippen LogP) is 1.13. The fourth-order valence-corrected chi connectivity index (χ4v) is 2.23. The molecule has 4 nitrogen and oxygen atoms in total. The summed E-state index contributed by atoms with van der Waals surface area (Å²) in [5.74, 6) is 0.192. The number of nitrogens with zero attached hydrogens (tertiary/aromatic N) is 2. The average molecular weight is 264 g/mol. The maximum Gasteiger partial charge on any atom is 0.239 e. The number of carbonyl (C=O) groups is 1. The number of hydrogen-bond acceptors (Lipinski definition) is 3. The Labute approximate surface area is 115 Å². The van der Waals surface area contributed by atoms with Crippen LogP contribution in [0.25, 0.3) is 0 Å². The molecule has 1 aliphatic heterocycles. The second-order valence-electron chi connectivity index (χ2n) is 4.95. The first-order valence-electron chi connectivity index (χ1n) is 6.60. The Hall–Kier alpha value is -1.39. The van der Waals surface area contributed by atoms with Crippen LogP contribution in [-0.2, 0) is 17.8 Å². The highest BCUT2D eigenvalue weighted by Gasteiger charge is 2.29. The summed E-state index contributed by atoms with van der Waals surface area (Å²) in [6.07, 6.45) is 0.823. The van der Waals surface area contributed by atoms with Crippen molar-refractivity contribution in [2.75, 3.05) is 27.7 Å². The van der Waals surface area contributed by atoms with Crippen molar-refractivity contribution in [1.29, 1.82) is 0 Å². The Morgan fingerprint density at radius 2 is 1.89 bits per heavy atom. The molecule has 1 unspecified atom stereocenters. The lowest BCUT2D eigenvalue weighted by atomic mass is 9.94. The Bertz CT molecular complexity index is 418. The summed E-state index contributed by atoms with van der Waals surface area (Å²) in [7, 11) is 5.65. The van der Waals surface area contributed by atoms with E-state index >= 15 is 0 Å². The number of hydrogen-bond donors (Lipinski definition) is 1. The van der Waals surface area contributed by atoms with Crippen LogP contribution in [0.15, 0.2) is 24.3 Å². The molecule has 0 aliphatic carbocycles. The fraction of sp³-hybridized carbons (Fsp3) is 0.533. The third-order valence-electron chi connectivity index (χ3n) is 3.21. The minimum atomic E-state index is -0.00935. The van der Waals surface area contributed by atoms with E-state index in [0.29, 0.717) is 0 Å². The second-order valence-corrected chi connectivity index (χ2v) is 4.95. The smallest absolute Gasteiger partial charge is 0.239 e. The minimum Gasteiger partial charge on any atom is -0.397 e. The second kappa shape index (κ2) is 7.26. The highest BCUT2D eigenvalue weighted by molar-refractivity contribution is 5.82. The van der Waals surface area contributed by atoms with Gasteiger partial charge in [0.15, 0.2) is 0 Å². The molecule has 1 aliphatic rings. The molecule has 0 saturated heterocycles. The molecule has 0 bridgehead atoms. The van der Waals surface area contributed by atoms with E-state index in [-0.39, 0.29) is 18.6 Å². The molecule has 1 amide bonds. The molecular formula is C15H24N2O2. The number of likely N-dealkylation sites (N-methyl/N-ethyl adjacent to an activating group) is 2. The summed E-state index contributed by atoms with van der Waals surface area (Å²) >= 11 is 0. The largest absolute Gasteiger partial charge is 0.397 e. The van der Waals surface area contributed by atoms with Gasteiger partial charge in [0, 0.05) is 27.2 Å². The van der Waals surface area contributed by atoms with E-state index in [1.54, 1.807) is 11.8 Å². The van der Waals surface area contributed by atoms with Gasteiger partial charge in [-0.15, -0.1) is 0 Å². The van der Waals surface area contributed by atoms with Gasteiger partial charge >= 0.3 is 0 Å². The third-order valence-corrected chi connectivity index (χ3v) is 3.21. The van der Waals surface area contributed by atoms with Crippen LogP contribution in [0.4, 0.5) is 0 Å². The molecule has 0 saturated carbocycles. The Morgan fingerprint density at radius 1 is 1.37 bits per heavy atom. The van der Waals surface area contributed by atoms with E-state index in [0.717, 1.165) is 13.0 Å². The van der Waals surface area contributed by atoms with E-state index in [2.05, 4.69) is 23.1 Å². The van der Waals surface area contributed by atoms with Crippen molar-refractivity contribution in [3.63, 3.8) is 0 Å². The number of benzene rings is 1. The van der Waals surface area contributed by atoms with Crippen molar-refractivity contribution in [2.24, 2.45) is 0 Å². The molecule has 4 heteroatoms. The first-order chi connectivity index (χ1) is 9.01. The van der Waals surface area contributed by atoms with E-state index in [9.17, 15) is 4.79 Å². The molecule has 0 aromatic heterocycles. The van der Waals surface area contributed by atoms with E-state index in [1.165, 1.54) is 11.1 Å². The highest BCUT2D eigenvalue weighted by atomic mass is 16.2. The normalized spacial score (nSPS) is 18.1. The van der Waals surface area contributed by atoms with Crippen LogP contribution < -0.4 is 0 Å². The van der Waals surface area contributed by atoms with Gasteiger partial charge in [-0.2, -0.15) is 0 Å². The maximum absolute atomic E-state index is 12.0. The van der Waals surface area contributed by atoms with Crippen molar-refractivity contribution in [3.05, 3.63) is 35.4 Å². The number of aliphatic hydroxyl groups excluding tert-OH is 1. The lowest BCUT2D eigenvalue weighted by Gasteiger charge is -2.34. The molecule has 1 heterocycles. The molecule has 0 radical (unpaired) electrons. The lowest BCUT2D eigenvalue weighted by molar-refractivity contribution is -0.134. The van der Waals surface area contributed by atoms with Crippen molar-refractivity contribution in [2.45, 2.75) is 25.9 Å². The molecule has 2 rings (SSSR count). The van der Waals surface area contributed by atoms with Crippen LogP contribution in [0, 0.1) is 0 Å². The van der Waals surface area contributed by atoms with Crippen molar-refractivity contribution in [1.82, 2.24) is 9.80 Å². The van der Waals surface area contributed by atoms with Gasteiger partial charge in [-0.05, 0) is 31.5 Å². The highest BCUT2D eigenvalue weighted by Crippen LogP contribution is 2.22. The van der Waals surface area contributed by atoms with Gasteiger partial charge in [0.05, 0.1) is 6.04 Å². The predicted molar refractivity (Wildman–Crippen MR) is 76.9 cm³/mol. The van der Waals surface area contributed by atoms with E-state index in [4.69, 9.17) is 5.11 Å². The first kappa shape index (κ1) is 15.7. The SMILES string of the molecule is CCO.CN(C)C(=O)C1Cc2ccccc2CN1C. The molecule has 1 aromatic carbocycles. The molecular weight excluding hydrogens is 240 g/mol. The van der Waals surface area contributed by atoms with Crippen molar-refractivity contribution < 1.29 is 9.90 Å². The third kappa shape index (κ3) is 4.04. The van der Waals surface area contributed by atoms with Crippen LogP contribution in [-0.4, -0.2) is 54.6 Å². The van der Waals surface area contributed by atoms with Crippen molar-refractivity contribution in [3.8, 4) is 0 Å². The summed E-state index contributed by atoms with van der Waals surface area (Å²) in [6, 6.07) is 8.35. The summed E-state index contributed by atoms with van der Waals surface area (Å²) in [5.41, 5.74) is 2.65. The first-order valence-corrected chi connectivity index (χ1v) is 6.60. The summed E-state index contributed by atoms with van der Waals surface area (Å²) in [5, 5.41) is 7.57. The number of fused-ring (bicyclic) bond motifs is 1. The Balaban J connectivity index is 0.000000550. The molecule has 19 heavy (non-hydrogen) atoms. The number of amides is 1. The zero-order chi connectivity index (χ0) is 14.4. The summed E-state index contributed by atoms with van der Waals surface area (Å²) in [4.78, 5) is 15.8. The van der Waals surface area contributed by atoms with Gasteiger partial charge < -0.3 is 10.0 Å². The number of rotatable bonds is 1. The standard InChI is InChI=1S/C13H18N2O.C2H6O/c1-14(2)13(16)12-8-10-6-4-5-7-11(10)9-15(12)3;1-2-3/h4-7,12H,8-9H2,1-3H3;3H,2H2,1H3. The fourth-order valence-electron chi connectivity index (χ4n) is 2.23. The van der Waals surface area contributed by atoms with Crippen LogP contribution in [0.5, 0.6) is 0 Å². The van der Waals surface area contributed by atoms with Crippen LogP contribution in [0.3, 0.4) is 0 Å². The quantitative estimate of drug-likeness (QED) is 0.827. The van der Waals surface area contributed by atoms with Crippen LogP contribution >= 0.6 is 0 Å². The Kier molecular flexibility index (Phi) is 5.99. The topological polar surface area (TPSA) is 43.8 Å². The summed E-state index contributed by atoms with van der Waals surface area (Å²) < 4.78 is 0. The summed E-state index contributed by atoms with van der Waals surface area (Å²) in [6.45, 7) is 2.79. The zero-order valence-electron chi connectivity index (χ0n) is 12.3. The van der Waals surface area contributed by atoms with Gasteiger partial charge in [0.2, 0.25) is 5.91 Å². The molecule has 106 valence electrons. The van der Waals surface area contributed by atoms with E-state index in [1.807, 2.05) is 27.2 Å². The lowest BCUT2D eigenvalue weighted by Crippen LogP contribution is -2.48. The minimum absolute atomic E-state index is 0.00935. The number of carbonyl (C=O) groups excluding carboxylic acids is 1. The monoisotopic (exact) mass is 264 g/mol. The van der Waals surface area contributed by atoms with Gasteiger partial charge in [0.1, 0.15) is 0 Å². The van der Waals surface area contributed by atoms with Gasteiger partial charge in [0.25, 0.3) is 0 Å². The van der Waals surface area contributed by atoms with Gasteiger partial charge in [-0.25, -0.2) is 0 Å². The maximum atomic E-state index is 12.0. The molecule has 0 spiro atoms. The average Bonchev–Trinajstić information content (AvgIpc) is 2.38. The van der Waals surface area contributed by atoms with Gasteiger partial charge in [-0.1, -0.05) is 24.3 Å². The van der Waals surface area contributed by atoms with Gasteiger partial charge in [-0.3, -0.25) is 9.69 Å². The molecule has 1 atom stereocenters. The van der Waals surface area contributed by atoms with Crippen LogP contribution in [0.1, 0.15) is 18.1 Å². The zero-order valence-corrected chi connectivity index (χ0v) is 12.3. The molecule has 1 aromatic rings. The van der Waals surface area contributed by atoms with Crippen LogP contribution in [0.2, 0.25) is 0 Å². The Morgan fingerprint density at radius 3 is 2.42 bits per heavy atom. The molecule has 0 fully saturated rings. The van der Waals surface area contributed by atoms with Crippen molar-refractivity contribution >= 4 is 5.91 Å². The molecule has 1 N–H and O–H groups in total. The number of aliphatic hydroxyl groups is 1. The van der Waals surface area contributed by atoms with E-state index < -0.39 is 0 Å².